The summed E-state index contributed by atoms with van der Waals surface area (Å²) in [6, 6.07) is 6.80. The van der Waals surface area contributed by atoms with Crippen molar-refractivity contribution < 1.29 is 19.1 Å². The number of unbranched alkanes of at least 4 members (excludes halogenated alkanes) is 2. The van der Waals surface area contributed by atoms with Crippen LogP contribution in [0.15, 0.2) is 24.3 Å². The summed E-state index contributed by atoms with van der Waals surface area (Å²) in [6.07, 6.45) is 5.30. The summed E-state index contributed by atoms with van der Waals surface area (Å²) in [5, 5.41) is 1.90. The first kappa shape index (κ1) is 18.0. The third-order valence-electron chi connectivity index (χ3n) is 6.29. The van der Waals surface area contributed by atoms with E-state index in [0.29, 0.717) is 24.0 Å². The normalized spacial score (nSPS) is 33.3. The monoisotopic (exact) mass is 371 g/mol. The second-order valence-electron chi connectivity index (χ2n) is 7.73. The van der Waals surface area contributed by atoms with Gasteiger partial charge in [0.2, 0.25) is 0 Å². The summed E-state index contributed by atoms with van der Waals surface area (Å²) >= 11 is 0. The topological polar surface area (TPSA) is 78.5 Å². The number of carbonyl (C=O) groups excluding carboxylic acids is 3. The van der Waals surface area contributed by atoms with Crippen molar-refractivity contribution in [3.63, 3.8) is 0 Å². The molecule has 3 saturated heterocycles. The smallest absolute Gasteiger partial charge is 0.412 e. The molecule has 1 unspecified atom stereocenters. The Balaban J connectivity index is 1.56. The highest BCUT2D eigenvalue weighted by Crippen LogP contribution is 2.70. The molecule has 2 amide bonds. The Morgan fingerprint density at radius 2 is 2.15 bits per heavy atom. The number of hydrogen-bond acceptors (Lipinski definition) is 5. The molecule has 0 saturated carbocycles. The second-order valence-corrected chi connectivity index (χ2v) is 7.73. The fourth-order valence-electron chi connectivity index (χ4n) is 4.83. The fraction of sp³-hybridized carbons (Fsp3) is 0.550. The molecule has 1 N–H and O–H groups in total. The van der Waals surface area contributed by atoms with Gasteiger partial charge in [-0.1, -0.05) is 44.4 Å². The van der Waals surface area contributed by atoms with Gasteiger partial charge in [0.25, 0.3) is 5.91 Å². The molecule has 3 fully saturated rings. The van der Waals surface area contributed by atoms with Crippen molar-refractivity contribution in [2.45, 2.75) is 63.2 Å². The molecule has 3 aliphatic rings. The number of nitrogens with one attached hydrogen (secondary N) is 1. The summed E-state index contributed by atoms with van der Waals surface area (Å²) in [4.78, 5) is 38.1. The number of aldehydes is 1. The Morgan fingerprint density at radius 3 is 2.85 bits per heavy atom. The van der Waals surface area contributed by atoms with Crippen LogP contribution in [-0.2, 0) is 4.74 Å². The van der Waals surface area contributed by atoms with Crippen LogP contribution in [-0.4, -0.2) is 52.0 Å². The molecule has 0 aromatic heterocycles. The predicted molar refractivity (Wildman–Crippen MR) is 98.0 cm³/mol. The molecule has 7 nitrogen and oxygen atoms in total. The van der Waals surface area contributed by atoms with Gasteiger partial charge in [-0.05, 0) is 19.4 Å². The SMILES string of the molecule is CCCCC[C@H]1N(NC(=O)c2ccccc2C=O)[C@]12N1C(=O)OCC[C@]12C. The molecular formula is C20H25N3O4. The number of benzene rings is 1. The lowest BCUT2D eigenvalue weighted by Crippen LogP contribution is -2.34. The Morgan fingerprint density at radius 1 is 1.37 bits per heavy atom. The average molecular weight is 371 g/mol. The highest BCUT2D eigenvalue weighted by atomic mass is 16.6. The minimum Gasteiger partial charge on any atom is -0.449 e. The maximum atomic E-state index is 12.8. The van der Waals surface area contributed by atoms with E-state index < -0.39 is 5.66 Å². The van der Waals surface area contributed by atoms with Crippen molar-refractivity contribution in [3.05, 3.63) is 35.4 Å². The van der Waals surface area contributed by atoms with Crippen LogP contribution >= 0.6 is 0 Å². The maximum Gasteiger partial charge on any atom is 0.412 e. The van der Waals surface area contributed by atoms with Crippen molar-refractivity contribution in [1.29, 1.82) is 0 Å². The van der Waals surface area contributed by atoms with E-state index in [1.54, 1.807) is 29.2 Å². The van der Waals surface area contributed by atoms with Gasteiger partial charge in [-0.3, -0.25) is 19.9 Å². The molecule has 27 heavy (non-hydrogen) atoms. The van der Waals surface area contributed by atoms with Gasteiger partial charge in [0, 0.05) is 12.0 Å². The number of rotatable bonds is 7. The summed E-state index contributed by atoms with van der Waals surface area (Å²) in [5.41, 5.74) is 2.86. The molecule has 144 valence electrons. The molecule has 3 aliphatic heterocycles. The molecule has 1 spiro atoms. The van der Waals surface area contributed by atoms with Gasteiger partial charge >= 0.3 is 6.09 Å². The third kappa shape index (κ3) is 2.41. The van der Waals surface area contributed by atoms with Gasteiger partial charge in [-0.25, -0.2) is 4.79 Å². The summed E-state index contributed by atoms with van der Waals surface area (Å²) in [6.45, 7) is 4.62. The molecule has 1 aromatic rings. The highest BCUT2D eigenvalue weighted by Gasteiger charge is 2.92. The second kappa shape index (κ2) is 6.34. The average Bonchev–Trinajstić information content (AvgIpc) is 3.48. The lowest BCUT2D eigenvalue weighted by Gasteiger charge is -2.16. The number of ether oxygens (including phenoxy) is 1. The van der Waals surface area contributed by atoms with Crippen LogP contribution in [0.25, 0.3) is 0 Å². The van der Waals surface area contributed by atoms with E-state index in [1.807, 2.05) is 5.01 Å². The first-order valence-electron chi connectivity index (χ1n) is 9.64. The van der Waals surface area contributed by atoms with Crippen LogP contribution in [0.1, 0.15) is 66.7 Å². The summed E-state index contributed by atoms with van der Waals surface area (Å²) in [5.74, 6) is -0.322. The largest absolute Gasteiger partial charge is 0.449 e. The number of hydrogen-bond donors (Lipinski definition) is 1. The van der Waals surface area contributed by atoms with Crippen LogP contribution in [0, 0.1) is 0 Å². The van der Waals surface area contributed by atoms with Crippen LogP contribution in [0.2, 0.25) is 0 Å². The van der Waals surface area contributed by atoms with E-state index in [0.717, 1.165) is 32.1 Å². The minimum absolute atomic E-state index is 0.0760. The van der Waals surface area contributed by atoms with Crippen molar-refractivity contribution in [3.8, 4) is 0 Å². The van der Waals surface area contributed by atoms with Gasteiger partial charge in [-0.15, -0.1) is 0 Å². The Hall–Kier alpha value is -2.41. The van der Waals surface area contributed by atoms with E-state index in [9.17, 15) is 14.4 Å². The van der Waals surface area contributed by atoms with Crippen LogP contribution in [0.4, 0.5) is 4.79 Å². The zero-order valence-electron chi connectivity index (χ0n) is 15.7. The number of cyclic esters (lactones) is 1. The lowest BCUT2D eigenvalue weighted by atomic mass is 9.99. The zero-order valence-corrected chi connectivity index (χ0v) is 15.7. The first-order valence-corrected chi connectivity index (χ1v) is 9.64. The molecule has 0 bridgehead atoms. The van der Waals surface area contributed by atoms with Crippen LogP contribution in [0.5, 0.6) is 0 Å². The molecule has 1 aromatic carbocycles. The fourth-order valence-corrected chi connectivity index (χ4v) is 4.83. The van der Waals surface area contributed by atoms with Crippen LogP contribution < -0.4 is 5.43 Å². The van der Waals surface area contributed by atoms with Gasteiger partial charge < -0.3 is 4.74 Å². The minimum atomic E-state index is -0.486. The van der Waals surface area contributed by atoms with Crippen molar-refractivity contribution >= 4 is 18.3 Å². The van der Waals surface area contributed by atoms with Crippen LogP contribution in [0.3, 0.4) is 0 Å². The molecule has 0 radical (unpaired) electrons. The van der Waals surface area contributed by atoms with Gasteiger partial charge in [-0.2, -0.15) is 5.01 Å². The lowest BCUT2D eigenvalue weighted by molar-refractivity contribution is 0.0857. The molecule has 4 atom stereocenters. The van der Waals surface area contributed by atoms with Crippen molar-refractivity contribution in [1.82, 2.24) is 15.3 Å². The number of hydrazine groups is 1. The molecule has 0 aliphatic carbocycles. The molecule has 7 heteroatoms. The van der Waals surface area contributed by atoms with E-state index in [4.69, 9.17) is 4.74 Å². The molecule has 3 heterocycles. The predicted octanol–water partition coefficient (Wildman–Crippen LogP) is 2.72. The Bertz CT molecular complexity index is 797. The zero-order chi connectivity index (χ0) is 19.2. The summed E-state index contributed by atoms with van der Waals surface area (Å²) < 4.78 is 5.22. The van der Waals surface area contributed by atoms with E-state index >= 15 is 0 Å². The summed E-state index contributed by atoms with van der Waals surface area (Å²) in [7, 11) is 0. The van der Waals surface area contributed by atoms with Gasteiger partial charge in [0.15, 0.2) is 11.9 Å². The first-order chi connectivity index (χ1) is 13.0. The number of carbonyl (C=O) groups is 3. The Kier molecular flexibility index (Phi) is 4.22. The van der Waals surface area contributed by atoms with Crippen molar-refractivity contribution in [2.75, 3.05) is 6.61 Å². The Labute approximate surface area is 158 Å². The molecule has 4 rings (SSSR count). The number of fused-ring (bicyclic) bond motifs is 3. The van der Waals surface area contributed by atoms with E-state index in [1.165, 1.54) is 0 Å². The highest BCUT2D eigenvalue weighted by molar-refractivity contribution is 6.01. The van der Waals surface area contributed by atoms with E-state index in [2.05, 4.69) is 19.3 Å². The standard InChI is InChI=1S/C20H25N3O4/c1-3-4-5-10-16-20(19(2)11-12-27-18(26)22(19)20)23(16)21-17(25)15-9-7-6-8-14(15)13-24/h6-9,13,16H,3-5,10-12H2,1-2H3,(H,21,25)/t16-,19+,20-,22?,23?/m1/s1. The van der Waals surface area contributed by atoms with Crippen molar-refractivity contribution in [2.24, 2.45) is 0 Å². The van der Waals surface area contributed by atoms with Gasteiger partial charge in [0.1, 0.15) is 0 Å². The maximum absolute atomic E-state index is 12.8. The third-order valence-corrected chi connectivity index (χ3v) is 6.29. The number of amides is 2. The quantitative estimate of drug-likeness (QED) is 0.453. The number of nitrogens with zero attached hydrogens (tertiary/aromatic N) is 2. The van der Waals surface area contributed by atoms with E-state index in [-0.39, 0.29) is 23.6 Å². The van der Waals surface area contributed by atoms with Gasteiger partial charge in [0.05, 0.1) is 23.8 Å². The molecular weight excluding hydrogens is 346 g/mol.